The number of carbonyl (C=O) groups is 3. The fourth-order valence-electron chi connectivity index (χ4n) is 1.68. The minimum absolute atomic E-state index is 0.0352. The Morgan fingerprint density at radius 2 is 1.64 bits per heavy atom. The third-order valence-corrected chi connectivity index (χ3v) is 2.97. The molecule has 6 N–H and O–H groups in total. The van der Waals surface area contributed by atoms with Gasteiger partial charge in [0.1, 0.15) is 6.04 Å². The molecule has 2 unspecified atom stereocenters. The molecule has 22 heavy (non-hydrogen) atoms. The smallest absolute Gasteiger partial charge is 0.404 e. The Labute approximate surface area is 131 Å². The number of amides is 3. The van der Waals surface area contributed by atoms with Crippen LogP contribution in [0.4, 0.5) is 4.79 Å². The molecule has 0 aromatic rings. The highest BCUT2D eigenvalue weighted by Gasteiger charge is 2.25. The second kappa shape index (κ2) is 9.99. The van der Waals surface area contributed by atoms with Crippen molar-refractivity contribution in [1.82, 2.24) is 10.6 Å². The third kappa shape index (κ3) is 8.46. The molecule has 0 rings (SSSR count). The van der Waals surface area contributed by atoms with E-state index in [2.05, 4.69) is 15.4 Å². The summed E-state index contributed by atoms with van der Waals surface area (Å²) in [7, 11) is 0. The molecule has 2 atom stereocenters. The number of ether oxygens (including phenoxy) is 1. The van der Waals surface area contributed by atoms with Crippen LogP contribution in [0.3, 0.4) is 0 Å². The SMILES string of the molecule is CC(C)NC(=O)C(CCCOC(N)=O)NC(=O)C(N)C(C)C. The summed E-state index contributed by atoms with van der Waals surface area (Å²) in [5.74, 6) is -0.708. The monoisotopic (exact) mass is 316 g/mol. The number of hydrogen-bond acceptors (Lipinski definition) is 5. The second-order valence-corrected chi connectivity index (χ2v) is 5.80. The van der Waals surface area contributed by atoms with Crippen LogP contribution in [0.15, 0.2) is 0 Å². The number of hydrogen-bond donors (Lipinski definition) is 4. The molecule has 0 aromatic heterocycles. The zero-order valence-electron chi connectivity index (χ0n) is 13.7. The average Bonchev–Trinajstić information content (AvgIpc) is 2.39. The second-order valence-electron chi connectivity index (χ2n) is 5.80. The summed E-state index contributed by atoms with van der Waals surface area (Å²) in [5.41, 5.74) is 10.6. The number of primary amides is 1. The van der Waals surface area contributed by atoms with Crippen LogP contribution in [0, 0.1) is 5.92 Å². The first kappa shape index (κ1) is 20.2. The van der Waals surface area contributed by atoms with Gasteiger partial charge in [0.25, 0.3) is 0 Å². The van der Waals surface area contributed by atoms with Gasteiger partial charge >= 0.3 is 6.09 Å². The molecule has 0 bridgehead atoms. The lowest BCUT2D eigenvalue weighted by Crippen LogP contribution is -2.53. The van der Waals surface area contributed by atoms with E-state index in [0.717, 1.165) is 0 Å². The highest BCUT2D eigenvalue weighted by atomic mass is 16.5. The van der Waals surface area contributed by atoms with Crippen LogP contribution in [0.1, 0.15) is 40.5 Å². The van der Waals surface area contributed by atoms with Crippen molar-refractivity contribution >= 4 is 17.9 Å². The molecule has 128 valence electrons. The number of carbonyl (C=O) groups excluding carboxylic acids is 3. The Bertz CT molecular complexity index is 385. The van der Waals surface area contributed by atoms with Crippen molar-refractivity contribution in [2.45, 2.75) is 58.7 Å². The van der Waals surface area contributed by atoms with Crippen molar-refractivity contribution in [3.05, 3.63) is 0 Å². The van der Waals surface area contributed by atoms with Gasteiger partial charge in [-0.05, 0) is 32.6 Å². The van der Waals surface area contributed by atoms with Gasteiger partial charge in [0.05, 0.1) is 12.6 Å². The molecule has 8 nitrogen and oxygen atoms in total. The highest BCUT2D eigenvalue weighted by Crippen LogP contribution is 2.03. The first-order valence-electron chi connectivity index (χ1n) is 7.43. The van der Waals surface area contributed by atoms with E-state index in [-0.39, 0.29) is 30.4 Å². The highest BCUT2D eigenvalue weighted by molar-refractivity contribution is 5.89. The molecule has 0 saturated carbocycles. The Hall–Kier alpha value is -1.83. The van der Waals surface area contributed by atoms with Crippen LogP contribution in [0.25, 0.3) is 0 Å². The first-order chi connectivity index (χ1) is 10.1. The quantitative estimate of drug-likeness (QED) is 0.439. The van der Waals surface area contributed by atoms with Gasteiger partial charge in [0.2, 0.25) is 11.8 Å². The van der Waals surface area contributed by atoms with Crippen molar-refractivity contribution in [3.8, 4) is 0 Å². The van der Waals surface area contributed by atoms with E-state index < -0.39 is 18.2 Å². The van der Waals surface area contributed by atoms with Crippen molar-refractivity contribution < 1.29 is 19.1 Å². The summed E-state index contributed by atoms with van der Waals surface area (Å²) >= 11 is 0. The molecule has 8 heteroatoms. The van der Waals surface area contributed by atoms with Gasteiger partial charge in [-0.25, -0.2) is 4.79 Å². The van der Waals surface area contributed by atoms with E-state index in [1.807, 2.05) is 27.7 Å². The third-order valence-electron chi connectivity index (χ3n) is 2.97. The van der Waals surface area contributed by atoms with Crippen LogP contribution in [-0.2, 0) is 14.3 Å². The molecule has 0 fully saturated rings. The maximum absolute atomic E-state index is 12.1. The van der Waals surface area contributed by atoms with Crippen molar-refractivity contribution in [2.24, 2.45) is 17.4 Å². The summed E-state index contributed by atoms with van der Waals surface area (Å²) in [6.45, 7) is 7.40. The van der Waals surface area contributed by atoms with Gasteiger partial charge in [0.15, 0.2) is 0 Å². The lowest BCUT2D eigenvalue weighted by molar-refractivity contribution is -0.130. The molecule has 0 aliphatic carbocycles. The van der Waals surface area contributed by atoms with E-state index in [1.54, 1.807) is 0 Å². The molecule has 0 heterocycles. The van der Waals surface area contributed by atoms with Crippen LogP contribution < -0.4 is 22.1 Å². The summed E-state index contributed by atoms with van der Waals surface area (Å²) < 4.78 is 4.61. The summed E-state index contributed by atoms with van der Waals surface area (Å²) in [6.07, 6.45) is -0.146. The van der Waals surface area contributed by atoms with E-state index in [0.29, 0.717) is 12.8 Å². The molecular formula is C14H28N4O4. The van der Waals surface area contributed by atoms with Gasteiger partial charge in [-0.2, -0.15) is 0 Å². The largest absolute Gasteiger partial charge is 0.450 e. The Morgan fingerprint density at radius 3 is 2.09 bits per heavy atom. The fraction of sp³-hybridized carbons (Fsp3) is 0.786. The molecular weight excluding hydrogens is 288 g/mol. The molecule has 0 aliphatic rings. The van der Waals surface area contributed by atoms with Gasteiger partial charge < -0.3 is 26.8 Å². The first-order valence-corrected chi connectivity index (χ1v) is 7.43. The minimum atomic E-state index is -0.867. The Balaban J connectivity index is 4.61. The molecule has 0 spiro atoms. The topological polar surface area (TPSA) is 137 Å². The summed E-state index contributed by atoms with van der Waals surface area (Å²) in [5, 5.41) is 5.38. The average molecular weight is 316 g/mol. The van der Waals surface area contributed by atoms with E-state index >= 15 is 0 Å². The molecule has 0 aliphatic heterocycles. The van der Waals surface area contributed by atoms with Crippen LogP contribution >= 0.6 is 0 Å². The lowest BCUT2D eigenvalue weighted by Gasteiger charge is -2.23. The Morgan fingerprint density at radius 1 is 1.05 bits per heavy atom. The van der Waals surface area contributed by atoms with Crippen molar-refractivity contribution in [1.29, 1.82) is 0 Å². The number of nitrogens with one attached hydrogen (secondary N) is 2. The van der Waals surface area contributed by atoms with Gasteiger partial charge in [-0.15, -0.1) is 0 Å². The van der Waals surface area contributed by atoms with Gasteiger partial charge in [0, 0.05) is 6.04 Å². The summed E-state index contributed by atoms with van der Waals surface area (Å²) in [6, 6.07) is -1.46. The van der Waals surface area contributed by atoms with Crippen LogP contribution in [-0.4, -0.2) is 42.6 Å². The molecule has 0 saturated heterocycles. The summed E-state index contributed by atoms with van der Waals surface area (Å²) in [4.78, 5) is 34.6. The van der Waals surface area contributed by atoms with Gasteiger partial charge in [-0.1, -0.05) is 13.8 Å². The lowest BCUT2D eigenvalue weighted by atomic mass is 10.0. The normalized spacial score (nSPS) is 13.6. The van der Waals surface area contributed by atoms with Gasteiger partial charge in [-0.3, -0.25) is 9.59 Å². The van der Waals surface area contributed by atoms with Crippen molar-refractivity contribution in [2.75, 3.05) is 6.61 Å². The maximum atomic E-state index is 12.1. The minimum Gasteiger partial charge on any atom is -0.450 e. The predicted octanol–water partition coefficient (Wildman–Crippen LogP) is -0.145. The molecule has 0 aromatic carbocycles. The Kier molecular flexibility index (Phi) is 9.16. The van der Waals surface area contributed by atoms with E-state index in [1.165, 1.54) is 0 Å². The standard InChI is InChI=1S/C14H28N4O4/c1-8(2)11(15)13(20)18-10(12(19)17-9(3)4)6-5-7-22-14(16)21/h8-11H,5-7,15H2,1-4H3,(H2,16,21)(H,17,19)(H,18,20). The zero-order valence-corrected chi connectivity index (χ0v) is 13.7. The van der Waals surface area contributed by atoms with E-state index in [9.17, 15) is 14.4 Å². The van der Waals surface area contributed by atoms with Crippen LogP contribution in [0.2, 0.25) is 0 Å². The number of rotatable bonds is 9. The fourth-order valence-corrected chi connectivity index (χ4v) is 1.68. The van der Waals surface area contributed by atoms with Crippen LogP contribution in [0.5, 0.6) is 0 Å². The predicted molar refractivity (Wildman–Crippen MR) is 82.8 cm³/mol. The van der Waals surface area contributed by atoms with E-state index in [4.69, 9.17) is 11.5 Å². The molecule has 0 radical (unpaired) electrons. The van der Waals surface area contributed by atoms with Crippen molar-refractivity contribution in [3.63, 3.8) is 0 Å². The number of nitrogens with two attached hydrogens (primary N) is 2. The molecule has 3 amide bonds. The maximum Gasteiger partial charge on any atom is 0.404 e. The zero-order chi connectivity index (χ0) is 17.3.